The van der Waals surface area contributed by atoms with Crippen LogP contribution in [0.2, 0.25) is 0 Å². The largest absolute Gasteiger partial charge is 0.497 e. The molecule has 0 amide bonds. The van der Waals surface area contributed by atoms with Crippen LogP contribution < -0.4 is 9.47 Å². The van der Waals surface area contributed by atoms with Crippen LogP contribution in [-0.4, -0.2) is 20.4 Å². The average Bonchev–Trinajstić information content (AvgIpc) is 2.44. The number of benzene rings is 1. The van der Waals surface area contributed by atoms with Gasteiger partial charge >= 0.3 is 6.18 Å². The van der Waals surface area contributed by atoms with Crippen LogP contribution in [0.3, 0.4) is 0 Å². The molecule has 0 saturated heterocycles. The normalized spacial score (nSPS) is 12.7. The molecular weight excluding hydrogens is 293 g/mol. The summed E-state index contributed by atoms with van der Waals surface area (Å²) in [5.41, 5.74) is 0.663. The molecule has 0 aliphatic carbocycles. The van der Waals surface area contributed by atoms with Crippen molar-refractivity contribution >= 4 is 0 Å². The van der Waals surface area contributed by atoms with Gasteiger partial charge in [-0.3, -0.25) is 0 Å². The Balaban J connectivity index is 2.76. The van der Waals surface area contributed by atoms with Crippen LogP contribution >= 0.6 is 0 Å². The topological polar surface area (TPSA) is 18.5 Å². The minimum Gasteiger partial charge on any atom is -0.497 e. The molecule has 0 N–H and O–H groups in total. The minimum atomic E-state index is -4.08. The first-order valence-electron chi connectivity index (χ1n) is 7.16. The van der Waals surface area contributed by atoms with Crippen LogP contribution in [0.25, 0.3) is 0 Å². The SMILES string of the molecule is COc1cc(OC)cc(C(C)(C)C=CCCCC(F)(F)F)c1. The molecule has 22 heavy (non-hydrogen) atoms. The molecule has 1 rings (SSSR count). The second kappa shape index (κ2) is 7.56. The van der Waals surface area contributed by atoms with Gasteiger partial charge in [-0.2, -0.15) is 13.2 Å². The van der Waals surface area contributed by atoms with Gasteiger partial charge in [-0.25, -0.2) is 0 Å². The third kappa shape index (κ3) is 6.00. The van der Waals surface area contributed by atoms with Crippen molar-refractivity contribution in [1.29, 1.82) is 0 Å². The van der Waals surface area contributed by atoms with Gasteiger partial charge in [-0.15, -0.1) is 0 Å². The van der Waals surface area contributed by atoms with Gasteiger partial charge in [0.2, 0.25) is 0 Å². The predicted molar refractivity (Wildman–Crippen MR) is 81.6 cm³/mol. The molecule has 0 spiro atoms. The van der Waals surface area contributed by atoms with E-state index >= 15 is 0 Å². The van der Waals surface area contributed by atoms with Gasteiger partial charge in [0.15, 0.2) is 0 Å². The van der Waals surface area contributed by atoms with E-state index in [4.69, 9.17) is 9.47 Å². The van der Waals surface area contributed by atoms with E-state index in [9.17, 15) is 13.2 Å². The van der Waals surface area contributed by atoms with Gasteiger partial charge in [0.05, 0.1) is 14.2 Å². The summed E-state index contributed by atoms with van der Waals surface area (Å²) >= 11 is 0. The van der Waals surface area contributed by atoms with Gasteiger partial charge in [0.1, 0.15) is 11.5 Å². The van der Waals surface area contributed by atoms with Crippen LogP contribution in [0.1, 0.15) is 38.7 Å². The molecule has 0 bridgehead atoms. The lowest BCUT2D eigenvalue weighted by Gasteiger charge is -2.22. The maximum Gasteiger partial charge on any atom is 0.389 e. The Hall–Kier alpha value is -1.65. The Bertz CT molecular complexity index is 483. The highest BCUT2D eigenvalue weighted by Crippen LogP contribution is 2.32. The quantitative estimate of drug-likeness (QED) is 0.504. The fourth-order valence-corrected chi connectivity index (χ4v) is 2.07. The lowest BCUT2D eigenvalue weighted by atomic mass is 9.84. The van der Waals surface area contributed by atoms with Crippen molar-refractivity contribution < 1.29 is 22.6 Å². The van der Waals surface area contributed by atoms with E-state index in [-0.39, 0.29) is 11.8 Å². The number of alkyl halides is 3. The van der Waals surface area contributed by atoms with E-state index in [1.807, 2.05) is 32.1 Å². The zero-order valence-electron chi connectivity index (χ0n) is 13.5. The molecule has 0 atom stereocenters. The molecule has 0 aliphatic rings. The third-order valence-corrected chi connectivity index (χ3v) is 3.46. The van der Waals surface area contributed by atoms with E-state index in [0.29, 0.717) is 17.9 Å². The van der Waals surface area contributed by atoms with E-state index in [0.717, 1.165) is 5.56 Å². The second-order valence-electron chi connectivity index (χ2n) is 5.73. The number of hydrogen-bond donors (Lipinski definition) is 0. The third-order valence-electron chi connectivity index (χ3n) is 3.46. The lowest BCUT2D eigenvalue weighted by Crippen LogP contribution is -2.14. The maximum atomic E-state index is 12.1. The first-order chi connectivity index (χ1) is 10.2. The summed E-state index contributed by atoms with van der Waals surface area (Å²) in [6.07, 6.45) is -0.578. The molecule has 0 aliphatic heterocycles. The number of halogens is 3. The number of unbranched alkanes of at least 4 members (excludes halogenated alkanes) is 1. The van der Waals surface area contributed by atoms with Crippen molar-refractivity contribution in [1.82, 2.24) is 0 Å². The van der Waals surface area contributed by atoms with E-state index in [1.165, 1.54) is 0 Å². The van der Waals surface area contributed by atoms with Gasteiger partial charge in [-0.05, 0) is 30.5 Å². The number of methoxy groups -OCH3 is 2. The summed E-state index contributed by atoms with van der Waals surface area (Å²) in [6.45, 7) is 4.00. The summed E-state index contributed by atoms with van der Waals surface area (Å²) in [5, 5.41) is 0. The average molecular weight is 316 g/mol. The van der Waals surface area contributed by atoms with Crippen LogP contribution in [0, 0.1) is 0 Å². The van der Waals surface area contributed by atoms with Crippen molar-refractivity contribution in [2.45, 2.75) is 44.7 Å². The molecule has 0 fully saturated rings. The van der Waals surface area contributed by atoms with E-state index in [2.05, 4.69) is 0 Å². The molecule has 0 radical (unpaired) electrons. The van der Waals surface area contributed by atoms with Crippen molar-refractivity contribution in [2.75, 3.05) is 14.2 Å². The molecule has 5 heteroatoms. The molecular formula is C17H23F3O2. The lowest BCUT2D eigenvalue weighted by molar-refractivity contribution is -0.135. The maximum absolute atomic E-state index is 12.1. The summed E-state index contributed by atoms with van der Waals surface area (Å²) < 4.78 is 46.8. The fourth-order valence-electron chi connectivity index (χ4n) is 2.07. The smallest absolute Gasteiger partial charge is 0.389 e. The number of hydrogen-bond acceptors (Lipinski definition) is 2. The minimum absolute atomic E-state index is 0.109. The zero-order chi connectivity index (χ0) is 16.8. The monoisotopic (exact) mass is 316 g/mol. The molecule has 1 aromatic rings. The Morgan fingerprint density at radius 3 is 2.00 bits per heavy atom. The molecule has 2 nitrogen and oxygen atoms in total. The highest BCUT2D eigenvalue weighted by atomic mass is 19.4. The first-order valence-corrected chi connectivity index (χ1v) is 7.16. The van der Waals surface area contributed by atoms with Gasteiger partial charge in [0, 0.05) is 17.9 Å². The van der Waals surface area contributed by atoms with E-state index < -0.39 is 12.6 Å². The molecule has 0 aromatic heterocycles. The molecule has 1 aromatic carbocycles. The van der Waals surface area contributed by atoms with Crippen molar-refractivity contribution in [3.8, 4) is 11.5 Å². The van der Waals surface area contributed by atoms with Gasteiger partial charge < -0.3 is 9.47 Å². The zero-order valence-corrected chi connectivity index (χ0v) is 13.5. The number of rotatable bonds is 7. The Morgan fingerprint density at radius 1 is 1.00 bits per heavy atom. The highest BCUT2D eigenvalue weighted by molar-refractivity contribution is 5.43. The molecule has 0 saturated carbocycles. The number of allylic oxidation sites excluding steroid dienone is 2. The van der Waals surface area contributed by atoms with Crippen molar-refractivity contribution in [3.05, 3.63) is 35.9 Å². The van der Waals surface area contributed by atoms with Crippen molar-refractivity contribution in [2.24, 2.45) is 0 Å². The highest BCUT2D eigenvalue weighted by Gasteiger charge is 2.25. The van der Waals surface area contributed by atoms with Crippen LogP contribution in [0.5, 0.6) is 11.5 Å². The van der Waals surface area contributed by atoms with E-state index in [1.54, 1.807) is 26.4 Å². The summed E-state index contributed by atoms with van der Waals surface area (Å²) in [6, 6.07) is 5.60. The second-order valence-corrected chi connectivity index (χ2v) is 5.73. The van der Waals surface area contributed by atoms with Gasteiger partial charge in [-0.1, -0.05) is 26.0 Å². The summed E-state index contributed by atoms with van der Waals surface area (Å²) in [4.78, 5) is 0. The summed E-state index contributed by atoms with van der Waals surface area (Å²) in [7, 11) is 3.16. The standard InChI is InChI=1S/C17H23F3O2/c1-16(2,8-6-5-7-9-17(18,19)20)13-10-14(21-3)12-15(11-13)22-4/h6,8,10-12H,5,7,9H2,1-4H3. The van der Waals surface area contributed by atoms with Crippen LogP contribution in [0.15, 0.2) is 30.4 Å². The summed E-state index contributed by atoms with van der Waals surface area (Å²) in [5.74, 6) is 1.38. The number of ether oxygens (including phenoxy) is 2. The Morgan fingerprint density at radius 2 is 1.55 bits per heavy atom. The predicted octanol–water partition coefficient (Wildman–Crippen LogP) is 5.27. The van der Waals surface area contributed by atoms with Crippen LogP contribution in [0.4, 0.5) is 13.2 Å². The first kappa shape index (κ1) is 18.4. The van der Waals surface area contributed by atoms with Crippen LogP contribution in [-0.2, 0) is 5.41 Å². The van der Waals surface area contributed by atoms with Crippen molar-refractivity contribution in [3.63, 3.8) is 0 Å². The molecule has 0 heterocycles. The Labute approximate surface area is 129 Å². The Kier molecular flexibility index (Phi) is 6.33. The molecule has 0 unspecified atom stereocenters. The fraction of sp³-hybridized carbons (Fsp3) is 0.529. The van der Waals surface area contributed by atoms with Gasteiger partial charge in [0.25, 0.3) is 0 Å². The molecule has 124 valence electrons.